The van der Waals surface area contributed by atoms with E-state index in [4.69, 9.17) is 0 Å². The van der Waals surface area contributed by atoms with Gasteiger partial charge in [-0.05, 0) is 5.06 Å². The molecule has 1 aliphatic rings. The molecule has 0 spiro atoms. The highest BCUT2D eigenvalue weighted by Gasteiger charge is 3.00. The second-order valence-electron chi connectivity index (χ2n) is 7.08. The number of nitrogens with zero attached hydrogens (tertiary/aromatic N) is 1. The van der Waals surface area contributed by atoms with E-state index in [1.165, 1.54) is 0 Å². The Morgan fingerprint density at radius 3 is 0.897 bits per heavy atom. The van der Waals surface area contributed by atoms with E-state index in [2.05, 4.69) is 0 Å². The van der Waals surface area contributed by atoms with Gasteiger partial charge in [0.2, 0.25) is 0 Å². The topological polar surface area (TPSA) is 15.5 Å². The van der Waals surface area contributed by atoms with Crippen LogP contribution in [0.4, 0.5) is 110 Å². The maximum absolute atomic E-state index is 13.8. The third-order valence-electron chi connectivity index (χ3n) is 4.54. The van der Waals surface area contributed by atoms with Gasteiger partial charge in [-0.3, -0.25) is 0 Å². The molecule has 0 radical (unpaired) electrons. The van der Waals surface area contributed by atoms with Crippen LogP contribution in [0.25, 0.3) is 0 Å². The van der Waals surface area contributed by atoms with Gasteiger partial charge in [0.05, 0.1) is 0 Å². The lowest BCUT2D eigenvalue weighted by Crippen LogP contribution is -2.72. The molecule has 2 nitrogen and oxygen atoms in total. The van der Waals surface area contributed by atoms with Crippen LogP contribution in [0, 0.1) is 0 Å². The second-order valence-corrected chi connectivity index (χ2v) is 7.08. The Morgan fingerprint density at radius 2 is 0.615 bits per heavy atom. The van der Waals surface area contributed by atoms with E-state index >= 15 is 0 Å². The van der Waals surface area contributed by atoms with Crippen molar-refractivity contribution in [2.24, 2.45) is 0 Å². The summed E-state index contributed by atoms with van der Waals surface area (Å²) in [5.41, 5.74) is 0. The van der Waals surface area contributed by atoms with Crippen molar-refractivity contribution in [3.8, 4) is 0 Å². The standard InChI is InChI=1S/C12F25NO/c13-1(14,5(21,22)9(29,30)31)3(17,18)7(25,26)11(35,36)38-12(37,39-38)8(27,28)4(19,20)2(15,16)6(23,24)10(32,33)34. The van der Waals surface area contributed by atoms with Gasteiger partial charge in [-0.2, -0.15) is 110 Å². The van der Waals surface area contributed by atoms with Crippen LogP contribution < -0.4 is 0 Å². The molecule has 0 aromatic rings. The molecule has 39 heavy (non-hydrogen) atoms. The van der Waals surface area contributed by atoms with Crippen molar-refractivity contribution in [2.75, 3.05) is 0 Å². The van der Waals surface area contributed by atoms with Crippen molar-refractivity contribution in [1.29, 1.82) is 0 Å². The maximum atomic E-state index is 13.8. The minimum atomic E-state index is -8.90. The van der Waals surface area contributed by atoms with E-state index < -0.39 is 76.8 Å². The van der Waals surface area contributed by atoms with Gasteiger partial charge in [0.25, 0.3) is 0 Å². The highest BCUT2D eigenvalue weighted by molar-refractivity contribution is 5.15. The second kappa shape index (κ2) is 8.13. The van der Waals surface area contributed by atoms with E-state index in [0.717, 1.165) is 0 Å². The molecule has 0 amide bonds. The van der Waals surface area contributed by atoms with Crippen LogP contribution in [0.15, 0.2) is 0 Å². The number of hydrogen-bond acceptors (Lipinski definition) is 2. The molecule has 1 saturated heterocycles. The summed E-state index contributed by atoms with van der Waals surface area (Å²) in [6, 6.07) is -8.31. The van der Waals surface area contributed by atoms with Crippen LogP contribution in [-0.4, -0.2) is 76.8 Å². The average molecular weight is 649 g/mol. The predicted octanol–water partition coefficient (Wildman–Crippen LogP) is 7.66. The molecule has 0 aromatic carbocycles. The highest BCUT2D eigenvalue weighted by Crippen LogP contribution is 2.68. The Hall–Kier alpha value is -1.83. The van der Waals surface area contributed by atoms with Gasteiger partial charge in [0.1, 0.15) is 0 Å². The van der Waals surface area contributed by atoms with E-state index in [1.54, 1.807) is 0 Å². The summed E-state index contributed by atoms with van der Waals surface area (Å²) >= 11 is 0. The Bertz CT molecular complexity index is 942. The number of rotatable bonds is 9. The lowest BCUT2D eigenvalue weighted by Gasteiger charge is -2.40. The Morgan fingerprint density at radius 1 is 0.359 bits per heavy atom. The number of halogens is 25. The molecular weight excluding hydrogens is 649 g/mol. The normalized spacial score (nSPS) is 23.8. The molecule has 2 unspecified atom stereocenters. The van der Waals surface area contributed by atoms with Crippen molar-refractivity contribution in [3.63, 3.8) is 0 Å². The molecule has 234 valence electrons. The van der Waals surface area contributed by atoms with Crippen LogP contribution in [0.1, 0.15) is 0 Å². The van der Waals surface area contributed by atoms with E-state index in [9.17, 15) is 110 Å². The fourth-order valence-corrected chi connectivity index (χ4v) is 2.18. The molecule has 0 aromatic heterocycles. The molecule has 1 rings (SSSR count). The van der Waals surface area contributed by atoms with Crippen LogP contribution in [0.2, 0.25) is 0 Å². The SMILES string of the molecule is FC(F)(F)C(F)(F)C(F)(F)C(F)(F)C(F)(F)C(F)(F)N1OC1(F)C(F)(F)C(F)(F)C(F)(F)C(F)(F)C(F)(F)F. The Balaban J connectivity index is 3.67. The third-order valence-corrected chi connectivity index (χ3v) is 4.54. The quantitative estimate of drug-likeness (QED) is 0.145. The summed E-state index contributed by atoms with van der Waals surface area (Å²) in [6.07, 6.45) is -16.0. The zero-order valence-electron chi connectivity index (χ0n) is 16.3. The smallest absolute Gasteiger partial charge is 0.225 e. The Labute approximate surface area is 193 Å². The minimum absolute atomic E-state index is 1.92. The lowest BCUT2D eigenvalue weighted by molar-refractivity contribution is -0.454. The van der Waals surface area contributed by atoms with Gasteiger partial charge in [0, 0.05) is 0 Å². The van der Waals surface area contributed by atoms with E-state index in [1.807, 2.05) is 4.84 Å². The van der Waals surface area contributed by atoms with E-state index in [-0.39, 0.29) is 0 Å². The Kier molecular flexibility index (Phi) is 7.34. The summed E-state index contributed by atoms with van der Waals surface area (Å²) < 4.78 is 323. The molecule has 1 heterocycles. The summed E-state index contributed by atoms with van der Waals surface area (Å²) in [4.78, 5) is 1.92. The highest BCUT2D eigenvalue weighted by atomic mass is 19.4. The zero-order valence-corrected chi connectivity index (χ0v) is 16.3. The molecule has 0 saturated carbocycles. The third kappa shape index (κ3) is 3.97. The largest absolute Gasteiger partial charge is 0.460 e. The molecule has 2 atom stereocenters. The van der Waals surface area contributed by atoms with Crippen LogP contribution >= 0.6 is 0 Å². The lowest BCUT2D eigenvalue weighted by atomic mass is 9.95. The first-order chi connectivity index (χ1) is 16.3. The van der Waals surface area contributed by atoms with Crippen LogP contribution in [-0.2, 0) is 4.84 Å². The van der Waals surface area contributed by atoms with E-state index in [0.29, 0.717) is 0 Å². The van der Waals surface area contributed by atoms with Gasteiger partial charge < -0.3 is 0 Å². The van der Waals surface area contributed by atoms with Crippen LogP contribution in [0.5, 0.6) is 0 Å². The molecular formula is C12F25NO. The summed E-state index contributed by atoms with van der Waals surface area (Å²) in [5, 5.41) is -3.79. The monoisotopic (exact) mass is 649 g/mol. The molecule has 27 heteroatoms. The fraction of sp³-hybridized carbons (Fsp3) is 1.00. The fourth-order valence-electron chi connectivity index (χ4n) is 2.18. The molecule has 1 aliphatic heterocycles. The first-order valence-electron chi connectivity index (χ1n) is 8.06. The van der Waals surface area contributed by atoms with Gasteiger partial charge in [-0.25, -0.2) is 4.84 Å². The van der Waals surface area contributed by atoms with Gasteiger partial charge in [-0.15, -0.1) is 0 Å². The predicted molar refractivity (Wildman–Crippen MR) is 63.4 cm³/mol. The van der Waals surface area contributed by atoms with Crippen molar-refractivity contribution >= 4 is 0 Å². The molecule has 1 fully saturated rings. The zero-order chi connectivity index (χ0) is 32.3. The van der Waals surface area contributed by atoms with Gasteiger partial charge in [0.15, 0.2) is 0 Å². The number of hydrogen-bond donors (Lipinski definition) is 0. The van der Waals surface area contributed by atoms with Crippen molar-refractivity contribution in [3.05, 3.63) is 0 Å². The van der Waals surface area contributed by atoms with Crippen molar-refractivity contribution < 1.29 is 115 Å². The molecule has 0 bridgehead atoms. The van der Waals surface area contributed by atoms with Gasteiger partial charge >= 0.3 is 71.8 Å². The van der Waals surface area contributed by atoms with Crippen LogP contribution in [0.3, 0.4) is 0 Å². The molecule has 0 aliphatic carbocycles. The first kappa shape index (κ1) is 35.2. The molecule has 0 N–H and O–H groups in total. The number of hydroxylamine groups is 2. The number of alkyl halides is 25. The minimum Gasteiger partial charge on any atom is -0.225 e. The maximum Gasteiger partial charge on any atom is 0.460 e. The van der Waals surface area contributed by atoms with Crippen molar-refractivity contribution in [1.82, 2.24) is 5.06 Å². The first-order valence-corrected chi connectivity index (χ1v) is 8.06. The summed E-state index contributed by atoms with van der Waals surface area (Å²) in [6.45, 7) is 0. The van der Waals surface area contributed by atoms with Crippen molar-refractivity contribution in [2.45, 2.75) is 71.8 Å². The summed E-state index contributed by atoms with van der Waals surface area (Å²) in [7, 11) is 0. The summed E-state index contributed by atoms with van der Waals surface area (Å²) in [5.74, 6) is -76.4. The average Bonchev–Trinajstić information content (AvgIpc) is 3.39. The van der Waals surface area contributed by atoms with Gasteiger partial charge in [-0.1, -0.05) is 0 Å².